The molecule has 2 heterocycles. The minimum atomic E-state index is -0.589. The molecule has 2 aromatic rings. The van der Waals surface area contributed by atoms with Crippen molar-refractivity contribution in [2.75, 3.05) is 16.3 Å². The first-order chi connectivity index (χ1) is 14.8. The zero-order chi connectivity index (χ0) is 22.1. The van der Waals surface area contributed by atoms with Crippen LogP contribution in [0.1, 0.15) is 36.8 Å². The van der Waals surface area contributed by atoms with E-state index in [-0.39, 0.29) is 36.4 Å². The average Bonchev–Trinajstić information content (AvgIpc) is 3.10. The topological polar surface area (TPSA) is 84.0 Å². The van der Waals surface area contributed by atoms with Crippen molar-refractivity contribution < 1.29 is 23.9 Å². The number of hydrogen-bond donors (Lipinski definition) is 0. The Labute approximate surface area is 180 Å². The lowest BCUT2D eigenvalue weighted by Gasteiger charge is -2.25. The van der Waals surface area contributed by atoms with E-state index >= 15 is 0 Å². The van der Waals surface area contributed by atoms with Gasteiger partial charge in [0.1, 0.15) is 5.75 Å². The quantitative estimate of drug-likeness (QED) is 0.431. The van der Waals surface area contributed by atoms with Gasteiger partial charge < -0.3 is 9.64 Å². The molecule has 1 atom stereocenters. The second-order valence-corrected chi connectivity index (χ2v) is 8.04. The van der Waals surface area contributed by atoms with Crippen LogP contribution in [-0.2, 0) is 19.2 Å². The molecule has 2 aliphatic heterocycles. The third-order valence-corrected chi connectivity index (χ3v) is 5.74. The number of rotatable bonds is 4. The summed E-state index contributed by atoms with van der Waals surface area (Å²) in [7, 11) is 0. The fourth-order valence-corrected chi connectivity index (χ4v) is 4.24. The number of anilines is 2. The van der Waals surface area contributed by atoms with Gasteiger partial charge in [0.05, 0.1) is 11.6 Å². The van der Waals surface area contributed by atoms with E-state index in [9.17, 15) is 19.2 Å². The molecule has 3 amide bonds. The number of carbonyl (C=O) groups is 4. The molecule has 0 N–H and O–H groups in total. The molecular weight excluding hydrogens is 396 g/mol. The van der Waals surface area contributed by atoms with Crippen molar-refractivity contribution in [2.45, 2.75) is 39.5 Å². The lowest BCUT2D eigenvalue weighted by atomic mass is 10.1. The molecule has 7 nitrogen and oxygen atoms in total. The Balaban J connectivity index is 1.49. The number of carbonyl (C=O) groups excluding carboxylic acids is 4. The van der Waals surface area contributed by atoms with E-state index < -0.39 is 11.9 Å². The summed E-state index contributed by atoms with van der Waals surface area (Å²) < 4.78 is 5.53. The largest absolute Gasteiger partial charge is 0.426 e. The van der Waals surface area contributed by atoms with Crippen LogP contribution in [0.3, 0.4) is 0 Å². The van der Waals surface area contributed by atoms with E-state index in [4.69, 9.17) is 4.74 Å². The number of imide groups is 1. The van der Waals surface area contributed by atoms with E-state index in [2.05, 4.69) is 0 Å². The van der Waals surface area contributed by atoms with E-state index in [1.165, 1.54) is 6.07 Å². The molecule has 2 aliphatic rings. The standard InChI is InChI=1S/C24H24N2O5/c1-15-6-3-7-16(2)23(15)25-14-17(12-22(25)29)24(30)31-19-9-4-8-18(13-19)26-20(27)10-5-11-21(26)28/h3-4,6-9,13,17H,5,10-12,14H2,1-2H3/t17-/m0/s1. The van der Waals surface area contributed by atoms with Crippen LogP contribution < -0.4 is 14.5 Å². The molecule has 7 heteroatoms. The van der Waals surface area contributed by atoms with Crippen molar-refractivity contribution in [1.29, 1.82) is 0 Å². The van der Waals surface area contributed by atoms with Gasteiger partial charge in [0.15, 0.2) is 0 Å². The van der Waals surface area contributed by atoms with Crippen LogP contribution in [0.5, 0.6) is 5.75 Å². The summed E-state index contributed by atoms with van der Waals surface area (Å²) >= 11 is 0. The molecule has 0 spiro atoms. The SMILES string of the molecule is Cc1cccc(C)c1N1C[C@@H](C(=O)Oc2cccc(N3C(=O)CCCC3=O)c2)CC1=O. The first kappa shape index (κ1) is 20.8. The number of piperidine rings is 1. The van der Waals surface area contributed by atoms with E-state index in [1.54, 1.807) is 23.1 Å². The monoisotopic (exact) mass is 420 g/mol. The van der Waals surface area contributed by atoms with Crippen LogP contribution in [0.15, 0.2) is 42.5 Å². The molecule has 0 aromatic heterocycles. The Morgan fingerprint density at radius 3 is 2.26 bits per heavy atom. The van der Waals surface area contributed by atoms with Crippen molar-refractivity contribution in [3.8, 4) is 5.75 Å². The Bertz CT molecular complexity index is 1040. The molecule has 2 aromatic carbocycles. The molecule has 2 fully saturated rings. The van der Waals surface area contributed by atoms with Gasteiger partial charge >= 0.3 is 5.97 Å². The number of esters is 1. The maximum absolute atomic E-state index is 12.8. The molecule has 0 unspecified atom stereocenters. The van der Waals surface area contributed by atoms with Gasteiger partial charge in [-0.1, -0.05) is 24.3 Å². The summed E-state index contributed by atoms with van der Waals surface area (Å²) in [4.78, 5) is 52.5. The Kier molecular flexibility index (Phi) is 5.59. The third-order valence-electron chi connectivity index (χ3n) is 5.74. The Morgan fingerprint density at radius 1 is 0.935 bits per heavy atom. The average molecular weight is 420 g/mol. The summed E-state index contributed by atoms with van der Waals surface area (Å²) in [6.07, 6.45) is 1.26. The van der Waals surface area contributed by atoms with E-state index in [1.807, 2.05) is 32.0 Å². The summed E-state index contributed by atoms with van der Waals surface area (Å²) in [6.45, 7) is 4.14. The minimum Gasteiger partial charge on any atom is -0.426 e. The number of benzene rings is 2. The normalized spacial score (nSPS) is 19.2. The van der Waals surface area contributed by atoms with Gasteiger partial charge in [-0.15, -0.1) is 0 Å². The first-order valence-corrected chi connectivity index (χ1v) is 10.4. The van der Waals surface area contributed by atoms with E-state index in [0.717, 1.165) is 21.7 Å². The summed E-state index contributed by atoms with van der Waals surface area (Å²) in [5.41, 5.74) is 3.18. The molecule has 31 heavy (non-hydrogen) atoms. The lowest BCUT2D eigenvalue weighted by Crippen LogP contribution is -2.40. The predicted octanol–water partition coefficient (Wildman–Crippen LogP) is 3.31. The number of amides is 3. The van der Waals surface area contributed by atoms with Gasteiger partial charge in [-0.25, -0.2) is 0 Å². The highest BCUT2D eigenvalue weighted by atomic mass is 16.5. The number of aryl methyl sites for hydroxylation is 2. The van der Waals surface area contributed by atoms with Crippen LogP contribution in [0, 0.1) is 19.8 Å². The smallest absolute Gasteiger partial charge is 0.316 e. The Hall–Kier alpha value is -3.48. The van der Waals surface area contributed by atoms with Gasteiger partial charge in [-0.3, -0.25) is 24.1 Å². The second-order valence-electron chi connectivity index (χ2n) is 8.04. The third kappa shape index (κ3) is 4.08. The molecule has 0 bridgehead atoms. The van der Waals surface area contributed by atoms with E-state index in [0.29, 0.717) is 24.9 Å². The van der Waals surface area contributed by atoms with Crippen LogP contribution in [0.25, 0.3) is 0 Å². The second kappa shape index (κ2) is 8.34. The van der Waals surface area contributed by atoms with Crippen molar-refractivity contribution >= 4 is 35.1 Å². The fourth-order valence-electron chi connectivity index (χ4n) is 4.24. The predicted molar refractivity (Wildman–Crippen MR) is 115 cm³/mol. The number of ether oxygens (including phenoxy) is 1. The molecule has 4 rings (SSSR count). The van der Waals surface area contributed by atoms with Gasteiger partial charge in [0.2, 0.25) is 17.7 Å². The Morgan fingerprint density at radius 2 is 1.58 bits per heavy atom. The van der Waals surface area contributed by atoms with Gasteiger partial charge in [0, 0.05) is 37.6 Å². The lowest BCUT2D eigenvalue weighted by molar-refractivity contribution is -0.139. The molecule has 0 saturated carbocycles. The van der Waals surface area contributed by atoms with Crippen molar-refractivity contribution in [3.05, 3.63) is 53.6 Å². The molecule has 2 saturated heterocycles. The maximum atomic E-state index is 12.8. The van der Waals surface area contributed by atoms with Crippen LogP contribution in [-0.4, -0.2) is 30.2 Å². The zero-order valence-corrected chi connectivity index (χ0v) is 17.6. The number of para-hydroxylation sites is 1. The zero-order valence-electron chi connectivity index (χ0n) is 17.6. The number of hydrogen-bond acceptors (Lipinski definition) is 5. The highest BCUT2D eigenvalue weighted by Gasteiger charge is 2.37. The number of nitrogens with zero attached hydrogens (tertiary/aromatic N) is 2. The highest BCUT2D eigenvalue weighted by Crippen LogP contribution is 2.32. The van der Waals surface area contributed by atoms with Crippen molar-refractivity contribution in [2.24, 2.45) is 5.92 Å². The molecule has 0 radical (unpaired) electrons. The van der Waals surface area contributed by atoms with Gasteiger partial charge in [-0.2, -0.15) is 0 Å². The molecule has 0 aliphatic carbocycles. The fraction of sp³-hybridized carbons (Fsp3) is 0.333. The molecular formula is C24H24N2O5. The highest BCUT2D eigenvalue weighted by molar-refractivity contribution is 6.16. The van der Waals surface area contributed by atoms with Crippen molar-refractivity contribution in [1.82, 2.24) is 0 Å². The van der Waals surface area contributed by atoms with Crippen LogP contribution >= 0.6 is 0 Å². The van der Waals surface area contributed by atoms with Crippen LogP contribution in [0.2, 0.25) is 0 Å². The molecule has 160 valence electrons. The first-order valence-electron chi connectivity index (χ1n) is 10.4. The minimum absolute atomic E-state index is 0.0788. The summed E-state index contributed by atoms with van der Waals surface area (Å²) in [5.74, 6) is -1.48. The summed E-state index contributed by atoms with van der Waals surface area (Å²) in [5, 5.41) is 0. The maximum Gasteiger partial charge on any atom is 0.316 e. The van der Waals surface area contributed by atoms with Crippen LogP contribution in [0.4, 0.5) is 11.4 Å². The van der Waals surface area contributed by atoms with Crippen molar-refractivity contribution in [3.63, 3.8) is 0 Å². The van der Waals surface area contributed by atoms with Gasteiger partial charge in [-0.05, 0) is 43.5 Å². The summed E-state index contributed by atoms with van der Waals surface area (Å²) in [6, 6.07) is 12.2. The van der Waals surface area contributed by atoms with Gasteiger partial charge in [0.25, 0.3) is 0 Å².